The molecule has 0 aliphatic rings. The SMILES string of the molecule is COC(=O)c1cc(CN(C)C(=O)c2ccc3ccccc3n2)oc1C. The summed E-state index contributed by atoms with van der Waals surface area (Å²) in [7, 11) is 2.98. The van der Waals surface area contributed by atoms with Crippen LogP contribution in [0.1, 0.15) is 32.4 Å². The number of amides is 1. The number of benzene rings is 1. The van der Waals surface area contributed by atoms with Gasteiger partial charge in [0.05, 0.1) is 19.2 Å². The Hall–Kier alpha value is -3.15. The van der Waals surface area contributed by atoms with Gasteiger partial charge in [-0.2, -0.15) is 0 Å². The fourth-order valence-corrected chi connectivity index (χ4v) is 2.62. The van der Waals surface area contributed by atoms with Gasteiger partial charge < -0.3 is 14.1 Å². The Morgan fingerprint density at radius 2 is 1.96 bits per heavy atom. The molecule has 1 amide bonds. The van der Waals surface area contributed by atoms with E-state index in [1.165, 1.54) is 12.0 Å². The topological polar surface area (TPSA) is 72.6 Å². The van der Waals surface area contributed by atoms with Crippen molar-refractivity contribution in [2.45, 2.75) is 13.5 Å². The van der Waals surface area contributed by atoms with Crippen LogP contribution in [-0.2, 0) is 11.3 Å². The van der Waals surface area contributed by atoms with Gasteiger partial charge in [-0.25, -0.2) is 9.78 Å². The molecule has 128 valence electrons. The lowest BCUT2D eigenvalue weighted by Crippen LogP contribution is -2.26. The van der Waals surface area contributed by atoms with E-state index in [0.717, 1.165) is 10.9 Å². The third-order valence-electron chi connectivity index (χ3n) is 3.93. The summed E-state index contributed by atoms with van der Waals surface area (Å²) in [5.41, 5.74) is 1.49. The molecule has 0 radical (unpaired) electrons. The number of esters is 1. The van der Waals surface area contributed by atoms with Crippen LogP contribution < -0.4 is 0 Å². The van der Waals surface area contributed by atoms with Crippen molar-refractivity contribution >= 4 is 22.8 Å². The van der Waals surface area contributed by atoms with Crippen LogP contribution in [0.25, 0.3) is 10.9 Å². The zero-order valence-electron chi connectivity index (χ0n) is 14.3. The Morgan fingerprint density at radius 1 is 1.20 bits per heavy atom. The van der Waals surface area contributed by atoms with Crippen molar-refractivity contribution in [3.8, 4) is 0 Å². The zero-order valence-corrected chi connectivity index (χ0v) is 14.3. The zero-order chi connectivity index (χ0) is 18.0. The van der Waals surface area contributed by atoms with Crippen molar-refractivity contribution in [1.82, 2.24) is 9.88 Å². The Morgan fingerprint density at radius 3 is 2.72 bits per heavy atom. The molecule has 3 aromatic rings. The second kappa shape index (κ2) is 6.76. The first kappa shape index (κ1) is 16.7. The van der Waals surface area contributed by atoms with Crippen molar-refractivity contribution in [3.05, 3.63) is 65.2 Å². The number of furan rings is 1. The summed E-state index contributed by atoms with van der Waals surface area (Å²) in [6, 6.07) is 12.8. The van der Waals surface area contributed by atoms with Crippen LogP contribution in [0.3, 0.4) is 0 Å². The molecule has 25 heavy (non-hydrogen) atoms. The van der Waals surface area contributed by atoms with Crippen molar-refractivity contribution in [2.24, 2.45) is 0 Å². The highest BCUT2D eigenvalue weighted by Crippen LogP contribution is 2.18. The maximum atomic E-state index is 12.6. The van der Waals surface area contributed by atoms with Gasteiger partial charge in [-0.1, -0.05) is 24.3 Å². The van der Waals surface area contributed by atoms with Gasteiger partial charge in [0.15, 0.2) is 0 Å². The van der Waals surface area contributed by atoms with Gasteiger partial charge in [0, 0.05) is 12.4 Å². The van der Waals surface area contributed by atoms with Gasteiger partial charge in [-0.05, 0) is 25.1 Å². The molecule has 6 nitrogen and oxygen atoms in total. The van der Waals surface area contributed by atoms with E-state index in [1.54, 1.807) is 26.1 Å². The molecule has 0 atom stereocenters. The number of para-hydroxylation sites is 1. The average molecular weight is 338 g/mol. The predicted molar refractivity (Wildman–Crippen MR) is 92.3 cm³/mol. The minimum atomic E-state index is -0.460. The Kier molecular flexibility index (Phi) is 4.52. The first-order valence-electron chi connectivity index (χ1n) is 7.78. The molecule has 0 unspecified atom stereocenters. The number of carbonyl (C=O) groups excluding carboxylic acids is 2. The van der Waals surface area contributed by atoms with Crippen LogP contribution in [0.4, 0.5) is 0 Å². The summed E-state index contributed by atoms with van der Waals surface area (Å²) < 4.78 is 10.3. The van der Waals surface area contributed by atoms with Crippen LogP contribution >= 0.6 is 0 Å². The van der Waals surface area contributed by atoms with Crippen LogP contribution in [0.15, 0.2) is 46.9 Å². The van der Waals surface area contributed by atoms with Crippen LogP contribution in [0.5, 0.6) is 0 Å². The van der Waals surface area contributed by atoms with Gasteiger partial charge >= 0.3 is 5.97 Å². The van der Waals surface area contributed by atoms with E-state index in [2.05, 4.69) is 4.98 Å². The van der Waals surface area contributed by atoms with Crippen molar-refractivity contribution in [3.63, 3.8) is 0 Å². The molecule has 2 heterocycles. The number of rotatable bonds is 4. The van der Waals surface area contributed by atoms with E-state index in [9.17, 15) is 9.59 Å². The highest BCUT2D eigenvalue weighted by Gasteiger charge is 2.19. The van der Waals surface area contributed by atoms with Crippen molar-refractivity contribution in [2.75, 3.05) is 14.2 Å². The minimum Gasteiger partial charge on any atom is -0.465 e. The number of aryl methyl sites for hydroxylation is 1. The fourth-order valence-electron chi connectivity index (χ4n) is 2.62. The molecule has 6 heteroatoms. The summed E-state index contributed by atoms with van der Waals surface area (Å²) >= 11 is 0. The number of fused-ring (bicyclic) bond motifs is 1. The van der Waals surface area contributed by atoms with Gasteiger partial charge in [0.2, 0.25) is 0 Å². The van der Waals surface area contributed by atoms with Crippen LogP contribution in [0, 0.1) is 6.92 Å². The van der Waals surface area contributed by atoms with Crippen molar-refractivity contribution < 1.29 is 18.7 Å². The maximum Gasteiger partial charge on any atom is 0.341 e. The largest absolute Gasteiger partial charge is 0.465 e. The summed E-state index contributed by atoms with van der Waals surface area (Å²) in [5, 5.41) is 0.978. The minimum absolute atomic E-state index is 0.223. The predicted octanol–water partition coefficient (Wildman–Crippen LogP) is 3.20. The number of hydrogen-bond donors (Lipinski definition) is 0. The van der Waals surface area contributed by atoms with E-state index < -0.39 is 5.97 Å². The standard InChI is InChI=1S/C19H18N2O4/c1-12-15(19(23)24-3)10-14(25-12)11-21(2)18(22)17-9-8-13-6-4-5-7-16(13)20-17/h4-10H,11H2,1-3H3. The number of methoxy groups -OCH3 is 1. The van der Waals surface area contributed by atoms with E-state index in [1.807, 2.05) is 30.3 Å². The third kappa shape index (κ3) is 3.38. The summed E-state index contributed by atoms with van der Waals surface area (Å²) in [5.74, 6) is 0.290. The molecular weight excluding hydrogens is 320 g/mol. The number of nitrogens with zero attached hydrogens (tertiary/aromatic N) is 2. The lowest BCUT2D eigenvalue weighted by Gasteiger charge is -2.15. The quantitative estimate of drug-likeness (QED) is 0.683. The molecule has 0 aliphatic heterocycles. The molecule has 3 rings (SSSR count). The molecule has 0 bridgehead atoms. The first-order chi connectivity index (χ1) is 12.0. The van der Waals surface area contributed by atoms with Gasteiger partial charge in [0.25, 0.3) is 5.91 Å². The van der Waals surface area contributed by atoms with E-state index in [-0.39, 0.29) is 12.5 Å². The smallest absolute Gasteiger partial charge is 0.341 e. The highest BCUT2D eigenvalue weighted by molar-refractivity contribution is 5.94. The van der Waals surface area contributed by atoms with Crippen LogP contribution in [-0.4, -0.2) is 35.9 Å². The second-order valence-electron chi connectivity index (χ2n) is 5.72. The lowest BCUT2D eigenvalue weighted by atomic mass is 10.2. The number of hydrogen-bond acceptors (Lipinski definition) is 5. The summed E-state index contributed by atoms with van der Waals surface area (Å²) in [6.07, 6.45) is 0. The normalized spacial score (nSPS) is 10.7. The Labute approximate surface area is 145 Å². The number of aromatic nitrogens is 1. The molecule has 0 fully saturated rings. The van der Waals surface area contributed by atoms with E-state index in [0.29, 0.717) is 22.8 Å². The summed E-state index contributed by atoms with van der Waals surface area (Å²) in [4.78, 5) is 30.1. The molecular formula is C19H18N2O4. The molecule has 0 aliphatic carbocycles. The van der Waals surface area contributed by atoms with E-state index >= 15 is 0 Å². The molecule has 2 aromatic heterocycles. The Bertz CT molecular complexity index is 946. The molecule has 0 N–H and O–H groups in total. The monoisotopic (exact) mass is 338 g/mol. The van der Waals surface area contributed by atoms with Gasteiger partial charge in [-0.3, -0.25) is 4.79 Å². The maximum absolute atomic E-state index is 12.6. The summed E-state index contributed by atoms with van der Waals surface area (Å²) in [6.45, 7) is 1.91. The number of ether oxygens (including phenoxy) is 1. The molecule has 1 aromatic carbocycles. The fraction of sp³-hybridized carbons (Fsp3) is 0.211. The molecule has 0 spiro atoms. The van der Waals surface area contributed by atoms with Crippen molar-refractivity contribution in [1.29, 1.82) is 0 Å². The number of pyridine rings is 1. The highest BCUT2D eigenvalue weighted by atomic mass is 16.5. The first-order valence-corrected chi connectivity index (χ1v) is 7.78. The van der Waals surface area contributed by atoms with Gasteiger partial charge in [0.1, 0.15) is 22.8 Å². The molecule has 0 saturated carbocycles. The van der Waals surface area contributed by atoms with E-state index in [4.69, 9.17) is 9.15 Å². The second-order valence-corrected chi connectivity index (χ2v) is 5.72. The lowest BCUT2D eigenvalue weighted by molar-refractivity contribution is 0.0598. The Balaban J connectivity index is 1.79. The third-order valence-corrected chi connectivity index (χ3v) is 3.93. The average Bonchev–Trinajstić information content (AvgIpc) is 3.00. The molecule has 0 saturated heterocycles. The van der Waals surface area contributed by atoms with Gasteiger partial charge in [-0.15, -0.1) is 0 Å². The van der Waals surface area contributed by atoms with Crippen LogP contribution in [0.2, 0.25) is 0 Å². The number of carbonyl (C=O) groups is 2.